The zero-order chi connectivity index (χ0) is 19.3. The van der Waals surface area contributed by atoms with Gasteiger partial charge >= 0.3 is 0 Å². The molecule has 1 aromatic carbocycles. The van der Waals surface area contributed by atoms with Crippen LogP contribution in [-0.2, 0) is 16.1 Å². The second-order valence-corrected chi connectivity index (χ2v) is 8.78. The molecule has 2 amide bonds. The maximum atomic E-state index is 12.6. The molecule has 0 aromatic heterocycles. The molecule has 5 nitrogen and oxygen atoms in total. The summed E-state index contributed by atoms with van der Waals surface area (Å²) in [5, 5.41) is 3.21. The molecule has 0 spiro atoms. The van der Waals surface area contributed by atoms with Crippen molar-refractivity contribution in [2.24, 2.45) is 5.92 Å². The zero-order valence-corrected chi connectivity index (χ0v) is 16.8. The van der Waals surface area contributed by atoms with Crippen LogP contribution in [0.2, 0.25) is 0 Å². The minimum Gasteiger partial charge on any atom is -0.353 e. The van der Waals surface area contributed by atoms with Crippen LogP contribution < -0.4 is 5.32 Å². The van der Waals surface area contributed by atoms with Crippen molar-refractivity contribution in [3.8, 4) is 0 Å². The van der Waals surface area contributed by atoms with Crippen LogP contribution in [-0.4, -0.2) is 53.3 Å². The van der Waals surface area contributed by atoms with Gasteiger partial charge in [-0.2, -0.15) is 0 Å². The van der Waals surface area contributed by atoms with E-state index in [2.05, 4.69) is 40.5 Å². The van der Waals surface area contributed by atoms with E-state index in [0.29, 0.717) is 25.0 Å². The van der Waals surface area contributed by atoms with Crippen LogP contribution in [0.1, 0.15) is 56.9 Å². The number of hydrogen-bond acceptors (Lipinski definition) is 3. The summed E-state index contributed by atoms with van der Waals surface area (Å²) in [6.45, 7) is 3.62. The fourth-order valence-corrected chi connectivity index (χ4v) is 5.06. The quantitative estimate of drug-likeness (QED) is 0.851. The highest BCUT2D eigenvalue weighted by molar-refractivity contribution is 5.89. The third-order valence-corrected chi connectivity index (χ3v) is 6.73. The molecule has 2 heterocycles. The summed E-state index contributed by atoms with van der Waals surface area (Å²) in [4.78, 5) is 29.7. The molecule has 1 N–H and O–H groups in total. The highest BCUT2D eigenvalue weighted by Gasteiger charge is 2.39. The second kappa shape index (κ2) is 9.08. The number of nitrogens with one attached hydrogen (secondary N) is 1. The lowest BCUT2D eigenvalue weighted by Gasteiger charge is -2.37. The van der Waals surface area contributed by atoms with Gasteiger partial charge in [-0.05, 0) is 31.2 Å². The number of piperidine rings is 1. The maximum absolute atomic E-state index is 12.6. The minimum absolute atomic E-state index is 0.101. The van der Waals surface area contributed by atoms with Gasteiger partial charge < -0.3 is 10.2 Å². The fourth-order valence-electron chi connectivity index (χ4n) is 5.06. The smallest absolute Gasteiger partial charge is 0.225 e. The van der Waals surface area contributed by atoms with Crippen molar-refractivity contribution >= 4 is 11.8 Å². The Morgan fingerprint density at radius 2 is 1.71 bits per heavy atom. The summed E-state index contributed by atoms with van der Waals surface area (Å²) in [5.41, 5.74) is 1.35. The lowest BCUT2D eigenvalue weighted by atomic mass is 9.95. The highest BCUT2D eigenvalue weighted by Crippen LogP contribution is 2.27. The van der Waals surface area contributed by atoms with Gasteiger partial charge in [0, 0.05) is 44.7 Å². The van der Waals surface area contributed by atoms with Crippen LogP contribution >= 0.6 is 0 Å². The van der Waals surface area contributed by atoms with Crippen LogP contribution in [0.3, 0.4) is 0 Å². The Morgan fingerprint density at radius 3 is 2.43 bits per heavy atom. The molecule has 0 bridgehead atoms. The van der Waals surface area contributed by atoms with Crippen LogP contribution in [0.15, 0.2) is 30.3 Å². The summed E-state index contributed by atoms with van der Waals surface area (Å²) in [7, 11) is 0. The summed E-state index contributed by atoms with van der Waals surface area (Å²) in [6, 6.07) is 11.2. The predicted molar refractivity (Wildman–Crippen MR) is 110 cm³/mol. The molecular formula is C23H33N3O2. The molecule has 4 rings (SSSR count). The highest BCUT2D eigenvalue weighted by atomic mass is 16.2. The number of likely N-dealkylation sites (tertiary alicyclic amines) is 2. The standard InChI is InChI=1S/C23H33N3O2/c27-22-15-19(23(28)24-20-9-5-2-6-10-20)17-26(22)21-11-13-25(14-12-21)16-18-7-3-1-4-8-18/h1,3-4,7-8,19-21H,2,5-6,9-17H2,(H,24,28). The van der Waals surface area contributed by atoms with E-state index >= 15 is 0 Å². The number of benzene rings is 1. The van der Waals surface area contributed by atoms with E-state index in [4.69, 9.17) is 0 Å². The Labute approximate surface area is 168 Å². The maximum Gasteiger partial charge on any atom is 0.225 e. The summed E-state index contributed by atoms with van der Waals surface area (Å²) in [6.07, 6.45) is 8.30. The number of carbonyl (C=O) groups is 2. The first-order valence-electron chi connectivity index (χ1n) is 11.0. The average molecular weight is 384 g/mol. The summed E-state index contributed by atoms with van der Waals surface area (Å²) >= 11 is 0. The first-order valence-corrected chi connectivity index (χ1v) is 11.0. The van der Waals surface area contributed by atoms with Crippen LogP contribution in [0, 0.1) is 5.92 Å². The molecule has 5 heteroatoms. The average Bonchev–Trinajstić information content (AvgIpc) is 3.12. The van der Waals surface area contributed by atoms with Gasteiger partial charge in [-0.1, -0.05) is 49.6 Å². The van der Waals surface area contributed by atoms with E-state index in [1.54, 1.807) is 0 Å². The van der Waals surface area contributed by atoms with Crippen molar-refractivity contribution in [1.82, 2.24) is 15.1 Å². The van der Waals surface area contributed by atoms with Crippen molar-refractivity contribution in [1.29, 1.82) is 0 Å². The SMILES string of the molecule is O=C(NC1CCCCC1)C1CC(=O)N(C2CCN(Cc3ccccc3)CC2)C1. The Morgan fingerprint density at radius 1 is 1.00 bits per heavy atom. The Balaban J connectivity index is 1.25. The first-order chi connectivity index (χ1) is 13.7. The molecule has 0 radical (unpaired) electrons. The van der Waals surface area contributed by atoms with E-state index < -0.39 is 0 Å². The molecule has 3 aliphatic rings. The molecule has 1 unspecified atom stereocenters. The van der Waals surface area contributed by atoms with Gasteiger partial charge in [0.25, 0.3) is 0 Å². The van der Waals surface area contributed by atoms with Crippen LogP contribution in [0.4, 0.5) is 0 Å². The van der Waals surface area contributed by atoms with Crippen molar-refractivity contribution in [2.75, 3.05) is 19.6 Å². The van der Waals surface area contributed by atoms with Crippen LogP contribution in [0.5, 0.6) is 0 Å². The Kier molecular flexibility index (Phi) is 6.30. The number of nitrogens with zero attached hydrogens (tertiary/aromatic N) is 2. The first kappa shape index (κ1) is 19.4. The lowest BCUT2D eigenvalue weighted by Crippen LogP contribution is -2.46. The van der Waals surface area contributed by atoms with Gasteiger partial charge in [0.15, 0.2) is 0 Å². The Bertz CT molecular complexity index is 664. The number of rotatable bonds is 5. The molecule has 1 saturated carbocycles. The molecule has 152 valence electrons. The predicted octanol–water partition coefficient (Wildman–Crippen LogP) is 2.95. The van der Waals surface area contributed by atoms with E-state index in [-0.39, 0.29) is 17.7 Å². The van der Waals surface area contributed by atoms with Gasteiger partial charge in [-0.3, -0.25) is 14.5 Å². The summed E-state index contributed by atoms with van der Waals surface area (Å²) in [5.74, 6) is 0.117. The van der Waals surface area contributed by atoms with E-state index in [9.17, 15) is 9.59 Å². The van der Waals surface area contributed by atoms with Gasteiger partial charge in [0.05, 0.1) is 5.92 Å². The van der Waals surface area contributed by atoms with Gasteiger partial charge in [0.2, 0.25) is 11.8 Å². The second-order valence-electron chi connectivity index (χ2n) is 8.78. The third-order valence-electron chi connectivity index (χ3n) is 6.73. The van der Waals surface area contributed by atoms with Crippen molar-refractivity contribution in [2.45, 2.75) is 70.0 Å². The van der Waals surface area contributed by atoms with Crippen molar-refractivity contribution < 1.29 is 9.59 Å². The number of hydrogen-bond donors (Lipinski definition) is 1. The molecule has 28 heavy (non-hydrogen) atoms. The van der Waals surface area contributed by atoms with Crippen molar-refractivity contribution in [3.05, 3.63) is 35.9 Å². The molecule has 3 fully saturated rings. The number of amides is 2. The summed E-state index contributed by atoms with van der Waals surface area (Å²) < 4.78 is 0. The topological polar surface area (TPSA) is 52.7 Å². The fraction of sp³-hybridized carbons (Fsp3) is 0.652. The molecule has 2 aliphatic heterocycles. The molecule has 1 atom stereocenters. The molecular weight excluding hydrogens is 350 g/mol. The van der Waals surface area contributed by atoms with Gasteiger partial charge in [-0.15, -0.1) is 0 Å². The normalized spacial score (nSPS) is 25.2. The van der Waals surface area contributed by atoms with Gasteiger partial charge in [-0.25, -0.2) is 0 Å². The van der Waals surface area contributed by atoms with E-state index in [0.717, 1.165) is 45.3 Å². The molecule has 2 saturated heterocycles. The van der Waals surface area contributed by atoms with Crippen molar-refractivity contribution in [3.63, 3.8) is 0 Å². The number of carbonyl (C=O) groups excluding carboxylic acids is 2. The Hall–Kier alpha value is -1.88. The molecule has 1 aliphatic carbocycles. The van der Waals surface area contributed by atoms with E-state index in [1.165, 1.54) is 24.8 Å². The van der Waals surface area contributed by atoms with E-state index in [1.807, 2.05) is 4.90 Å². The lowest BCUT2D eigenvalue weighted by molar-refractivity contribution is -0.131. The molecule has 1 aromatic rings. The zero-order valence-electron chi connectivity index (χ0n) is 16.8. The van der Waals surface area contributed by atoms with Gasteiger partial charge in [0.1, 0.15) is 0 Å². The minimum atomic E-state index is -0.156. The monoisotopic (exact) mass is 383 g/mol. The van der Waals surface area contributed by atoms with Crippen LogP contribution in [0.25, 0.3) is 0 Å². The largest absolute Gasteiger partial charge is 0.353 e. The third kappa shape index (κ3) is 4.75.